The number of thioether (sulfide) groups is 1. The average molecular weight is 287 g/mol. The number of nitrogens with zero attached hydrogens (tertiary/aromatic N) is 2. The molecule has 1 heterocycles. The monoisotopic (exact) mass is 287 g/mol. The fraction of sp³-hybridized carbons (Fsp3) is 0.167. The molecular formula is C12H12F3N3S. The Balaban J connectivity index is 2.81. The molecule has 1 rings (SSSR count). The van der Waals surface area contributed by atoms with Crippen molar-refractivity contribution in [1.82, 2.24) is 9.97 Å². The lowest BCUT2D eigenvalue weighted by Gasteiger charge is -2.05. The topological polar surface area (TPSA) is 51.8 Å². The first kappa shape index (κ1) is 15.3. The van der Waals surface area contributed by atoms with Crippen molar-refractivity contribution in [1.29, 1.82) is 0 Å². The van der Waals surface area contributed by atoms with Crippen LogP contribution in [-0.2, 0) is 0 Å². The van der Waals surface area contributed by atoms with Crippen LogP contribution in [0.25, 0.3) is 5.57 Å². The average Bonchev–Trinajstić information content (AvgIpc) is 2.36. The first-order valence-electron chi connectivity index (χ1n) is 5.11. The Bertz CT molecular complexity index is 504. The van der Waals surface area contributed by atoms with Crippen LogP contribution < -0.4 is 5.73 Å². The summed E-state index contributed by atoms with van der Waals surface area (Å²) in [5.41, 5.74) is 6.69. The van der Waals surface area contributed by atoms with Crippen molar-refractivity contribution in [3.63, 3.8) is 0 Å². The van der Waals surface area contributed by atoms with Gasteiger partial charge >= 0.3 is 6.18 Å². The Kier molecular flexibility index (Phi) is 5.17. The van der Waals surface area contributed by atoms with Crippen LogP contribution in [0.3, 0.4) is 0 Å². The van der Waals surface area contributed by atoms with Gasteiger partial charge in [0.05, 0.1) is 0 Å². The number of alkyl halides is 3. The van der Waals surface area contributed by atoms with Gasteiger partial charge in [0.15, 0.2) is 5.16 Å². The summed E-state index contributed by atoms with van der Waals surface area (Å²) in [6.07, 6.45) is 2.59. The molecule has 0 atom stereocenters. The molecule has 0 bridgehead atoms. The fourth-order valence-electron chi connectivity index (χ4n) is 1.11. The highest BCUT2D eigenvalue weighted by Gasteiger charge is 2.21. The van der Waals surface area contributed by atoms with Crippen LogP contribution in [0.2, 0.25) is 0 Å². The number of halogens is 3. The van der Waals surface area contributed by atoms with E-state index in [9.17, 15) is 13.2 Å². The summed E-state index contributed by atoms with van der Waals surface area (Å²) in [7, 11) is 0. The smallest absolute Gasteiger partial charge is 0.398 e. The van der Waals surface area contributed by atoms with Gasteiger partial charge in [-0.25, -0.2) is 9.97 Å². The highest BCUT2D eigenvalue weighted by molar-refractivity contribution is 7.98. The van der Waals surface area contributed by atoms with Crippen molar-refractivity contribution in [3.8, 4) is 0 Å². The van der Waals surface area contributed by atoms with Gasteiger partial charge in [-0.15, -0.1) is 0 Å². The summed E-state index contributed by atoms with van der Waals surface area (Å²) >= 11 is 1.38. The molecule has 1 aromatic rings. The molecule has 0 aliphatic carbocycles. The maximum Gasteiger partial charge on any atom is 0.409 e. The van der Waals surface area contributed by atoms with Gasteiger partial charge in [0.1, 0.15) is 0 Å². The van der Waals surface area contributed by atoms with E-state index in [0.29, 0.717) is 16.3 Å². The molecule has 0 spiro atoms. The van der Waals surface area contributed by atoms with Crippen LogP contribution in [0.4, 0.5) is 13.2 Å². The predicted octanol–water partition coefficient (Wildman–Crippen LogP) is 3.17. The first-order chi connectivity index (χ1) is 8.83. The quantitative estimate of drug-likeness (QED) is 0.525. The van der Waals surface area contributed by atoms with Gasteiger partial charge in [0.25, 0.3) is 0 Å². The largest absolute Gasteiger partial charge is 0.409 e. The van der Waals surface area contributed by atoms with E-state index in [1.165, 1.54) is 24.2 Å². The summed E-state index contributed by atoms with van der Waals surface area (Å²) in [6, 6.07) is 0. The number of allylic oxidation sites excluding steroid dienone is 4. The van der Waals surface area contributed by atoms with Crippen LogP contribution in [0.15, 0.2) is 48.1 Å². The van der Waals surface area contributed by atoms with Gasteiger partial charge in [0, 0.05) is 35.3 Å². The van der Waals surface area contributed by atoms with Gasteiger partial charge in [0.2, 0.25) is 0 Å². The van der Waals surface area contributed by atoms with E-state index in [2.05, 4.69) is 16.5 Å². The molecule has 2 N–H and O–H groups in total. The Morgan fingerprint density at radius 3 is 2.42 bits per heavy atom. The molecular weight excluding hydrogens is 275 g/mol. The molecule has 0 radical (unpaired) electrons. The zero-order chi connectivity index (χ0) is 14.5. The van der Waals surface area contributed by atoms with Crippen molar-refractivity contribution >= 4 is 17.3 Å². The third-order valence-electron chi connectivity index (χ3n) is 2.07. The zero-order valence-electron chi connectivity index (χ0n) is 10.1. The van der Waals surface area contributed by atoms with Crippen molar-refractivity contribution < 1.29 is 13.2 Å². The molecule has 0 saturated heterocycles. The Labute approximate surface area is 113 Å². The number of aromatic nitrogens is 2. The van der Waals surface area contributed by atoms with Gasteiger partial charge in [-0.05, 0) is 12.3 Å². The third kappa shape index (κ3) is 5.17. The molecule has 0 unspecified atom stereocenters. The van der Waals surface area contributed by atoms with Crippen molar-refractivity contribution in [3.05, 3.63) is 48.5 Å². The molecule has 7 heteroatoms. The van der Waals surface area contributed by atoms with Gasteiger partial charge in [-0.3, -0.25) is 0 Å². The molecule has 0 saturated carbocycles. The SMILES string of the molecule is C=C(/C(N)=C\C=C\C(F)(F)F)c1cnc(SC)nc1. The summed E-state index contributed by atoms with van der Waals surface area (Å²) in [6.45, 7) is 3.70. The van der Waals surface area contributed by atoms with Gasteiger partial charge < -0.3 is 5.73 Å². The predicted molar refractivity (Wildman–Crippen MR) is 70.3 cm³/mol. The number of hydrogen-bond acceptors (Lipinski definition) is 4. The van der Waals surface area contributed by atoms with E-state index in [0.717, 1.165) is 12.2 Å². The third-order valence-corrected chi connectivity index (χ3v) is 2.64. The van der Waals surface area contributed by atoms with Crippen LogP contribution in [-0.4, -0.2) is 22.4 Å². The second-order valence-corrected chi connectivity index (χ2v) is 4.23. The molecule has 19 heavy (non-hydrogen) atoms. The highest BCUT2D eigenvalue weighted by atomic mass is 32.2. The Hall–Kier alpha value is -1.76. The summed E-state index contributed by atoms with van der Waals surface area (Å²) in [4.78, 5) is 8.06. The van der Waals surface area contributed by atoms with Crippen LogP contribution in [0.5, 0.6) is 0 Å². The number of nitrogens with two attached hydrogens (primary N) is 1. The normalized spacial score (nSPS) is 12.9. The molecule has 0 aliphatic rings. The molecule has 3 nitrogen and oxygen atoms in total. The highest BCUT2D eigenvalue weighted by Crippen LogP contribution is 2.19. The molecule has 0 aliphatic heterocycles. The van der Waals surface area contributed by atoms with Gasteiger partial charge in [-0.2, -0.15) is 13.2 Å². The van der Waals surface area contributed by atoms with E-state index in [-0.39, 0.29) is 11.8 Å². The minimum atomic E-state index is -4.36. The molecule has 1 aromatic heterocycles. The minimum Gasteiger partial charge on any atom is -0.398 e. The molecule has 0 amide bonds. The van der Waals surface area contributed by atoms with E-state index in [4.69, 9.17) is 5.73 Å². The molecule has 102 valence electrons. The zero-order valence-corrected chi connectivity index (χ0v) is 10.9. The van der Waals surface area contributed by atoms with E-state index in [1.807, 2.05) is 6.26 Å². The number of hydrogen-bond donors (Lipinski definition) is 1. The van der Waals surface area contributed by atoms with E-state index in [1.54, 1.807) is 0 Å². The van der Waals surface area contributed by atoms with Crippen molar-refractivity contribution in [2.24, 2.45) is 5.73 Å². The first-order valence-corrected chi connectivity index (χ1v) is 6.33. The van der Waals surface area contributed by atoms with Crippen molar-refractivity contribution in [2.75, 3.05) is 6.26 Å². The Morgan fingerprint density at radius 2 is 1.95 bits per heavy atom. The second kappa shape index (κ2) is 6.42. The molecule has 0 fully saturated rings. The maximum atomic E-state index is 11.9. The van der Waals surface area contributed by atoms with E-state index < -0.39 is 6.18 Å². The maximum absolute atomic E-state index is 11.9. The lowest BCUT2D eigenvalue weighted by molar-refractivity contribution is -0.0798. The van der Waals surface area contributed by atoms with Crippen molar-refractivity contribution in [2.45, 2.75) is 11.3 Å². The summed E-state index contributed by atoms with van der Waals surface area (Å²) in [5, 5.41) is 0.594. The lowest BCUT2D eigenvalue weighted by atomic mass is 10.1. The fourth-order valence-corrected chi connectivity index (χ4v) is 1.42. The standard InChI is InChI=1S/C12H12F3N3S/c1-8(9-6-17-11(19-2)18-7-9)10(16)4-3-5-12(13,14)15/h3-7H,1,16H2,2H3/b5-3+,10-4+. The summed E-state index contributed by atoms with van der Waals surface area (Å²) < 4.78 is 35.7. The summed E-state index contributed by atoms with van der Waals surface area (Å²) in [5.74, 6) is 0. The lowest BCUT2D eigenvalue weighted by Crippen LogP contribution is -2.02. The van der Waals surface area contributed by atoms with Crippen LogP contribution in [0.1, 0.15) is 5.56 Å². The van der Waals surface area contributed by atoms with Crippen LogP contribution in [0, 0.1) is 0 Å². The van der Waals surface area contributed by atoms with Crippen LogP contribution >= 0.6 is 11.8 Å². The number of rotatable bonds is 4. The van der Waals surface area contributed by atoms with E-state index >= 15 is 0 Å². The Morgan fingerprint density at radius 1 is 1.37 bits per heavy atom. The minimum absolute atomic E-state index is 0.0977. The second-order valence-electron chi connectivity index (χ2n) is 3.46. The molecule has 0 aromatic carbocycles. The van der Waals surface area contributed by atoms with Gasteiger partial charge in [-0.1, -0.05) is 24.4 Å².